The van der Waals surface area contributed by atoms with E-state index in [1.807, 2.05) is 59.7 Å². The Kier molecular flexibility index (Phi) is 16.2. The second-order valence-corrected chi connectivity index (χ2v) is 10.4. The molecule has 0 saturated heterocycles. The molecule has 1 atom stereocenters. The molecule has 0 spiro atoms. The van der Waals surface area contributed by atoms with Crippen molar-refractivity contribution in [2.24, 2.45) is 0 Å². The van der Waals surface area contributed by atoms with E-state index in [-0.39, 0.29) is 29.7 Å². The first-order valence-electron chi connectivity index (χ1n) is 15.0. The Bertz CT molecular complexity index is 849. The summed E-state index contributed by atoms with van der Waals surface area (Å²) in [6.45, 7) is 12.5. The molecule has 7 heteroatoms. The van der Waals surface area contributed by atoms with Crippen molar-refractivity contribution in [3.63, 3.8) is 0 Å². The average Bonchev–Trinajstić information content (AvgIpc) is 3.26. The van der Waals surface area contributed by atoms with Gasteiger partial charge in [-0.15, -0.1) is 0 Å². The molecule has 6 nitrogen and oxygen atoms in total. The van der Waals surface area contributed by atoms with Gasteiger partial charge in [0.1, 0.15) is 0 Å². The lowest BCUT2D eigenvalue weighted by Gasteiger charge is -2.40. The monoisotopic (exact) mass is 525 g/mol. The quantitative estimate of drug-likeness (QED) is 0.329. The van der Waals surface area contributed by atoms with Crippen LogP contribution < -0.4 is 10.6 Å². The summed E-state index contributed by atoms with van der Waals surface area (Å²) in [7, 11) is 6.38. The third-order valence-corrected chi connectivity index (χ3v) is 7.48. The number of rotatable bonds is 7. The highest BCUT2D eigenvalue weighted by Crippen LogP contribution is 2.29. The van der Waals surface area contributed by atoms with Crippen LogP contribution in [0.25, 0.3) is 0 Å². The standard InChI is InChI=1S/C15H18N2O3.C12H22BN.2C2H6/c1-10-3-5-13-12(7-10)8-17(15(13)20)11(2)4-6-14(19)16-9-18;13-12(9-5-2-6-10-12)14-11-7-3-1-4-8-11;2*1-2/h3,5,7,9,11H,4,6,8H2,1-2H3,(H,16,18,19);11,14H,1-10H2;2*1-2H3. The van der Waals surface area contributed by atoms with E-state index in [9.17, 15) is 14.4 Å². The van der Waals surface area contributed by atoms with Gasteiger partial charge in [0.05, 0.1) is 7.85 Å². The lowest BCUT2D eigenvalue weighted by molar-refractivity contribution is -0.125. The number of carbonyl (C=O) groups excluding carboxylic acids is 3. The fraction of sp³-hybridized carbons (Fsp3) is 0.710. The number of carbonyl (C=O) groups is 3. The first kappa shape index (κ1) is 33.9. The fourth-order valence-corrected chi connectivity index (χ4v) is 5.44. The number of aryl methyl sites for hydroxylation is 1. The topological polar surface area (TPSA) is 78.5 Å². The molecule has 0 aromatic heterocycles. The van der Waals surface area contributed by atoms with Crippen LogP contribution in [0.3, 0.4) is 0 Å². The Morgan fingerprint density at radius 2 is 1.68 bits per heavy atom. The summed E-state index contributed by atoms with van der Waals surface area (Å²) in [5.74, 6) is -0.296. The molecule has 2 fully saturated rings. The van der Waals surface area contributed by atoms with Crippen LogP contribution in [0.1, 0.15) is 133 Å². The molecule has 2 aliphatic carbocycles. The van der Waals surface area contributed by atoms with Crippen molar-refractivity contribution in [1.29, 1.82) is 0 Å². The second-order valence-electron chi connectivity index (χ2n) is 10.4. The van der Waals surface area contributed by atoms with Gasteiger partial charge in [0, 0.05) is 30.6 Å². The Labute approximate surface area is 233 Å². The van der Waals surface area contributed by atoms with Crippen molar-refractivity contribution < 1.29 is 14.4 Å². The van der Waals surface area contributed by atoms with Crippen LogP contribution in [0, 0.1) is 6.92 Å². The van der Waals surface area contributed by atoms with E-state index in [0.29, 0.717) is 25.4 Å². The highest BCUT2D eigenvalue weighted by molar-refractivity contribution is 6.15. The Balaban J connectivity index is 0.000000351. The van der Waals surface area contributed by atoms with E-state index in [1.165, 1.54) is 64.2 Å². The first-order chi connectivity index (χ1) is 18.3. The average molecular weight is 526 g/mol. The third-order valence-electron chi connectivity index (χ3n) is 7.48. The molecule has 1 aromatic rings. The zero-order valence-corrected chi connectivity index (χ0v) is 24.9. The van der Waals surface area contributed by atoms with Crippen LogP contribution in [0.4, 0.5) is 0 Å². The van der Waals surface area contributed by atoms with Crippen molar-refractivity contribution in [3.05, 3.63) is 34.9 Å². The molecule has 1 aromatic carbocycles. The first-order valence-corrected chi connectivity index (χ1v) is 15.0. The van der Waals surface area contributed by atoms with Crippen LogP contribution in [-0.4, -0.2) is 48.5 Å². The van der Waals surface area contributed by atoms with Crippen LogP contribution >= 0.6 is 0 Å². The van der Waals surface area contributed by atoms with E-state index >= 15 is 0 Å². The maximum absolute atomic E-state index is 12.3. The van der Waals surface area contributed by atoms with Crippen molar-refractivity contribution in [2.75, 3.05) is 0 Å². The second kappa shape index (κ2) is 18.2. The zero-order valence-electron chi connectivity index (χ0n) is 24.9. The molecule has 212 valence electrons. The lowest BCUT2D eigenvalue weighted by Crippen LogP contribution is -2.52. The molecule has 3 aliphatic rings. The molecule has 3 amide bonds. The molecule has 2 saturated carbocycles. The molecule has 0 bridgehead atoms. The van der Waals surface area contributed by atoms with Crippen molar-refractivity contribution >= 4 is 26.1 Å². The van der Waals surface area contributed by atoms with Gasteiger partial charge >= 0.3 is 0 Å². The van der Waals surface area contributed by atoms with E-state index in [1.54, 1.807) is 4.90 Å². The largest absolute Gasteiger partial charge is 0.332 e. The van der Waals surface area contributed by atoms with Gasteiger partial charge in [-0.05, 0) is 63.0 Å². The van der Waals surface area contributed by atoms with Gasteiger partial charge in [-0.25, -0.2) is 0 Å². The summed E-state index contributed by atoms with van der Waals surface area (Å²) in [5.41, 5.74) is 2.91. The van der Waals surface area contributed by atoms with Crippen molar-refractivity contribution in [3.8, 4) is 0 Å². The minimum atomic E-state index is -0.313. The third kappa shape index (κ3) is 10.9. The number of amides is 3. The van der Waals surface area contributed by atoms with Crippen LogP contribution in [0.15, 0.2) is 18.2 Å². The number of nitrogens with one attached hydrogen (secondary N) is 2. The van der Waals surface area contributed by atoms with Crippen LogP contribution in [0.2, 0.25) is 0 Å². The van der Waals surface area contributed by atoms with E-state index in [2.05, 4.69) is 10.6 Å². The number of imide groups is 1. The van der Waals surface area contributed by atoms with Gasteiger partial charge in [-0.2, -0.15) is 0 Å². The van der Waals surface area contributed by atoms with Gasteiger partial charge in [0.2, 0.25) is 12.3 Å². The number of benzene rings is 1. The molecule has 1 aliphatic heterocycles. The number of nitrogens with zero attached hydrogens (tertiary/aromatic N) is 1. The predicted molar refractivity (Wildman–Crippen MR) is 158 cm³/mol. The van der Waals surface area contributed by atoms with Gasteiger partial charge in [-0.3, -0.25) is 19.7 Å². The molecular weight excluding hydrogens is 473 g/mol. The molecular formula is C31H52BN3O3. The highest BCUT2D eigenvalue weighted by atomic mass is 16.2. The Hall–Kier alpha value is -2.15. The van der Waals surface area contributed by atoms with Gasteiger partial charge in [-0.1, -0.05) is 83.9 Å². The molecule has 1 unspecified atom stereocenters. The summed E-state index contributed by atoms with van der Waals surface area (Å²) in [6, 6.07) is 6.50. The SMILES string of the molecule is CC.CC.Cc1ccc2c(c1)CN(C(C)CCC(=O)NC=O)C2=O.[B]C1(NC2CCCCC2)CCCCC1. The van der Waals surface area contributed by atoms with Gasteiger partial charge in [0.15, 0.2) is 0 Å². The summed E-state index contributed by atoms with van der Waals surface area (Å²) in [5, 5.41) is 5.82. The lowest BCUT2D eigenvalue weighted by atomic mass is 9.66. The number of hydrogen-bond donors (Lipinski definition) is 2. The van der Waals surface area contributed by atoms with Gasteiger partial charge < -0.3 is 10.2 Å². The summed E-state index contributed by atoms with van der Waals surface area (Å²) in [4.78, 5) is 35.5. The normalized spacial score (nSPS) is 18.8. The summed E-state index contributed by atoms with van der Waals surface area (Å²) in [6.07, 6.45) is 14.4. The van der Waals surface area contributed by atoms with Crippen LogP contribution in [-0.2, 0) is 16.1 Å². The van der Waals surface area contributed by atoms with Crippen LogP contribution in [0.5, 0.6) is 0 Å². The number of fused-ring (bicyclic) bond motifs is 1. The minimum absolute atomic E-state index is 0.0136. The summed E-state index contributed by atoms with van der Waals surface area (Å²) >= 11 is 0. The maximum atomic E-state index is 12.3. The van der Waals surface area contributed by atoms with Crippen molar-refractivity contribution in [2.45, 2.75) is 143 Å². The minimum Gasteiger partial charge on any atom is -0.332 e. The molecule has 4 rings (SSSR count). The predicted octanol–water partition coefficient (Wildman–Crippen LogP) is 6.18. The Morgan fingerprint density at radius 1 is 1.08 bits per heavy atom. The number of hydrogen-bond acceptors (Lipinski definition) is 4. The van der Waals surface area contributed by atoms with E-state index < -0.39 is 0 Å². The summed E-state index contributed by atoms with van der Waals surface area (Å²) < 4.78 is 0. The zero-order chi connectivity index (χ0) is 28.6. The highest BCUT2D eigenvalue weighted by Gasteiger charge is 2.31. The Morgan fingerprint density at radius 3 is 2.29 bits per heavy atom. The van der Waals surface area contributed by atoms with Crippen molar-refractivity contribution in [1.82, 2.24) is 15.5 Å². The van der Waals surface area contributed by atoms with E-state index in [0.717, 1.165) is 16.7 Å². The maximum Gasteiger partial charge on any atom is 0.254 e. The molecule has 2 N–H and O–H groups in total. The smallest absolute Gasteiger partial charge is 0.254 e. The fourth-order valence-electron chi connectivity index (χ4n) is 5.44. The van der Waals surface area contributed by atoms with Gasteiger partial charge in [0.25, 0.3) is 5.91 Å². The molecule has 2 radical (unpaired) electrons. The molecule has 1 heterocycles. The molecule has 38 heavy (non-hydrogen) atoms. The van der Waals surface area contributed by atoms with E-state index in [4.69, 9.17) is 7.85 Å².